The number of imidazole rings is 1. The summed E-state index contributed by atoms with van der Waals surface area (Å²) in [4.78, 5) is 17.3. The van der Waals surface area contributed by atoms with Crippen molar-refractivity contribution >= 4 is 39.8 Å². The minimum Gasteiger partial charge on any atom is -0.389 e. The first-order valence-electron chi connectivity index (χ1n) is 7.72. The Morgan fingerprint density at radius 2 is 2.04 bits per heavy atom. The van der Waals surface area contributed by atoms with Gasteiger partial charge in [-0.05, 0) is 24.3 Å². The van der Waals surface area contributed by atoms with Crippen molar-refractivity contribution < 1.29 is 4.79 Å². The van der Waals surface area contributed by atoms with Gasteiger partial charge in [-0.15, -0.1) is 0 Å². The Hall–Kier alpha value is -2.73. The molecule has 1 aromatic heterocycles. The van der Waals surface area contributed by atoms with Gasteiger partial charge in [0.15, 0.2) is 0 Å². The summed E-state index contributed by atoms with van der Waals surface area (Å²) in [5.41, 5.74) is 8.89. The average Bonchev–Trinajstić information content (AvgIpc) is 2.93. The molecule has 6 heteroatoms. The summed E-state index contributed by atoms with van der Waals surface area (Å²) in [6, 6.07) is 15.0. The van der Waals surface area contributed by atoms with Crippen molar-refractivity contribution in [2.75, 3.05) is 5.32 Å². The molecule has 3 N–H and O–H groups in total. The van der Waals surface area contributed by atoms with Crippen molar-refractivity contribution in [1.82, 2.24) is 9.55 Å². The molecular weight excluding hydrogens is 320 g/mol. The van der Waals surface area contributed by atoms with Crippen LogP contribution in [0.15, 0.2) is 48.5 Å². The quantitative estimate of drug-likeness (QED) is 0.702. The van der Waals surface area contributed by atoms with E-state index in [4.69, 9.17) is 18.0 Å². The van der Waals surface area contributed by atoms with E-state index >= 15 is 0 Å². The highest BCUT2D eigenvalue weighted by Gasteiger charge is 2.12. The van der Waals surface area contributed by atoms with Gasteiger partial charge >= 0.3 is 0 Å². The maximum absolute atomic E-state index is 12.4. The van der Waals surface area contributed by atoms with E-state index in [1.165, 1.54) is 0 Å². The minimum atomic E-state index is -0.118. The van der Waals surface area contributed by atoms with Gasteiger partial charge in [0.2, 0.25) is 5.91 Å². The van der Waals surface area contributed by atoms with Crippen LogP contribution in [-0.4, -0.2) is 20.4 Å². The zero-order valence-corrected chi connectivity index (χ0v) is 14.1. The lowest BCUT2D eigenvalue weighted by Gasteiger charge is -2.10. The minimum absolute atomic E-state index is 0.118. The number of carbonyl (C=O) groups excluding carboxylic acids is 1. The smallest absolute Gasteiger partial charge is 0.244 e. The normalized spacial score (nSPS) is 10.7. The van der Waals surface area contributed by atoms with E-state index in [0.29, 0.717) is 10.7 Å². The van der Waals surface area contributed by atoms with Gasteiger partial charge in [-0.3, -0.25) is 4.79 Å². The Kier molecular flexibility index (Phi) is 4.57. The van der Waals surface area contributed by atoms with Gasteiger partial charge in [0.25, 0.3) is 0 Å². The monoisotopic (exact) mass is 338 g/mol. The summed E-state index contributed by atoms with van der Waals surface area (Å²) in [6.07, 6.45) is 0.763. The molecule has 0 atom stereocenters. The predicted octanol–water partition coefficient (Wildman–Crippen LogP) is 2.87. The SMILES string of the molecule is CCc1nc2ccccc2n1CC(=O)Nc1cccc(C(N)=S)c1. The topological polar surface area (TPSA) is 72.9 Å². The molecule has 3 rings (SSSR count). The molecule has 24 heavy (non-hydrogen) atoms. The van der Waals surface area contributed by atoms with Crippen LogP contribution in [-0.2, 0) is 17.8 Å². The van der Waals surface area contributed by atoms with Crippen LogP contribution in [0.3, 0.4) is 0 Å². The fraction of sp³-hybridized carbons (Fsp3) is 0.167. The summed E-state index contributed by atoms with van der Waals surface area (Å²) < 4.78 is 1.95. The van der Waals surface area contributed by atoms with Crippen molar-refractivity contribution in [2.24, 2.45) is 5.73 Å². The van der Waals surface area contributed by atoms with Crippen LogP contribution in [0.1, 0.15) is 18.3 Å². The van der Waals surface area contributed by atoms with E-state index in [1.807, 2.05) is 54.0 Å². The maximum Gasteiger partial charge on any atom is 0.244 e. The molecule has 1 amide bonds. The molecule has 2 aromatic carbocycles. The predicted molar refractivity (Wildman–Crippen MR) is 100 cm³/mol. The largest absolute Gasteiger partial charge is 0.389 e. The number of nitrogens with one attached hydrogen (secondary N) is 1. The van der Waals surface area contributed by atoms with E-state index in [-0.39, 0.29) is 12.5 Å². The van der Waals surface area contributed by atoms with E-state index < -0.39 is 0 Å². The molecular formula is C18H18N4OS. The van der Waals surface area contributed by atoms with Crippen molar-refractivity contribution in [3.63, 3.8) is 0 Å². The number of nitrogens with zero attached hydrogens (tertiary/aromatic N) is 2. The zero-order valence-electron chi connectivity index (χ0n) is 13.3. The first-order chi connectivity index (χ1) is 11.6. The van der Waals surface area contributed by atoms with Crippen molar-refractivity contribution in [2.45, 2.75) is 19.9 Å². The lowest BCUT2D eigenvalue weighted by molar-refractivity contribution is -0.116. The number of anilines is 1. The number of para-hydroxylation sites is 2. The second kappa shape index (κ2) is 6.80. The first-order valence-corrected chi connectivity index (χ1v) is 8.13. The van der Waals surface area contributed by atoms with E-state index in [9.17, 15) is 4.79 Å². The van der Waals surface area contributed by atoms with Crippen molar-refractivity contribution in [3.8, 4) is 0 Å². The molecule has 0 aliphatic carbocycles. The fourth-order valence-corrected chi connectivity index (χ4v) is 2.79. The van der Waals surface area contributed by atoms with E-state index in [1.54, 1.807) is 6.07 Å². The third-order valence-electron chi connectivity index (χ3n) is 3.78. The number of carbonyl (C=O) groups is 1. The van der Waals surface area contributed by atoms with Crippen LogP contribution in [0.25, 0.3) is 11.0 Å². The summed E-state index contributed by atoms with van der Waals surface area (Å²) in [5.74, 6) is 0.774. The number of aryl methyl sites for hydroxylation is 1. The number of hydrogen-bond acceptors (Lipinski definition) is 3. The van der Waals surface area contributed by atoms with Gasteiger partial charge in [-0.25, -0.2) is 4.98 Å². The number of rotatable bonds is 5. The van der Waals surface area contributed by atoms with Gasteiger partial charge in [0.1, 0.15) is 17.4 Å². The third-order valence-corrected chi connectivity index (χ3v) is 4.02. The zero-order chi connectivity index (χ0) is 17.1. The number of nitrogens with two attached hydrogens (primary N) is 1. The van der Waals surface area contributed by atoms with E-state index in [2.05, 4.69) is 10.3 Å². The molecule has 0 bridgehead atoms. The third kappa shape index (κ3) is 3.28. The maximum atomic E-state index is 12.4. The Morgan fingerprint density at radius 3 is 2.79 bits per heavy atom. The van der Waals surface area contributed by atoms with Crippen molar-refractivity contribution in [1.29, 1.82) is 0 Å². The van der Waals surface area contributed by atoms with Crippen LogP contribution in [0.5, 0.6) is 0 Å². The van der Waals surface area contributed by atoms with Crippen LogP contribution < -0.4 is 11.1 Å². The molecule has 0 radical (unpaired) electrons. The molecule has 0 unspecified atom stereocenters. The fourth-order valence-electron chi connectivity index (χ4n) is 2.67. The molecule has 3 aromatic rings. The van der Waals surface area contributed by atoms with Gasteiger partial charge in [-0.1, -0.05) is 43.4 Å². The number of benzene rings is 2. The first kappa shape index (κ1) is 16.1. The van der Waals surface area contributed by atoms with Gasteiger partial charge in [0, 0.05) is 17.7 Å². The highest BCUT2D eigenvalue weighted by Crippen LogP contribution is 2.17. The molecule has 0 spiro atoms. The lowest BCUT2D eigenvalue weighted by Crippen LogP contribution is -2.20. The van der Waals surface area contributed by atoms with Crippen LogP contribution in [0, 0.1) is 0 Å². The molecule has 1 heterocycles. The number of hydrogen-bond donors (Lipinski definition) is 2. The average molecular weight is 338 g/mol. The summed E-state index contributed by atoms with van der Waals surface area (Å²) in [5, 5.41) is 2.89. The van der Waals surface area contributed by atoms with Crippen molar-refractivity contribution in [3.05, 3.63) is 59.9 Å². The van der Waals surface area contributed by atoms with Gasteiger partial charge in [-0.2, -0.15) is 0 Å². The summed E-state index contributed by atoms with van der Waals surface area (Å²) >= 11 is 4.97. The Labute approximate surface area is 145 Å². The van der Waals surface area contributed by atoms with Gasteiger partial charge < -0.3 is 15.6 Å². The Balaban J connectivity index is 1.83. The lowest BCUT2D eigenvalue weighted by atomic mass is 10.2. The molecule has 0 aliphatic rings. The molecule has 122 valence electrons. The van der Waals surface area contributed by atoms with Crippen LogP contribution >= 0.6 is 12.2 Å². The molecule has 0 aliphatic heterocycles. The highest BCUT2D eigenvalue weighted by atomic mass is 32.1. The van der Waals surface area contributed by atoms with E-state index in [0.717, 1.165) is 28.8 Å². The second-order valence-electron chi connectivity index (χ2n) is 5.45. The molecule has 0 fully saturated rings. The number of aromatic nitrogens is 2. The van der Waals surface area contributed by atoms with Crippen LogP contribution in [0.2, 0.25) is 0 Å². The number of thiocarbonyl (C=S) groups is 1. The van der Waals surface area contributed by atoms with Gasteiger partial charge in [0.05, 0.1) is 11.0 Å². The second-order valence-corrected chi connectivity index (χ2v) is 5.89. The number of fused-ring (bicyclic) bond motifs is 1. The Morgan fingerprint density at radius 1 is 1.25 bits per heavy atom. The summed E-state index contributed by atoms with van der Waals surface area (Å²) in [7, 11) is 0. The number of amides is 1. The Bertz CT molecular complexity index is 916. The van der Waals surface area contributed by atoms with Crippen LogP contribution in [0.4, 0.5) is 5.69 Å². The highest BCUT2D eigenvalue weighted by molar-refractivity contribution is 7.80. The standard InChI is InChI=1S/C18H18N4OS/c1-2-16-21-14-8-3-4-9-15(14)22(16)11-17(23)20-13-7-5-6-12(10-13)18(19)24/h3-10H,2,11H2,1H3,(H2,19,24)(H,20,23). The summed E-state index contributed by atoms with van der Waals surface area (Å²) in [6.45, 7) is 2.24. The molecule has 0 saturated heterocycles. The molecule has 0 saturated carbocycles. The molecule has 5 nitrogen and oxygen atoms in total.